The molecule has 2 aliphatic heterocycles. The molecule has 0 saturated carbocycles. The van der Waals surface area contributed by atoms with Crippen molar-refractivity contribution in [3.63, 3.8) is 0 Å². The number of aromatic nitrogens is 1. The number of rotatable bonds is 7. The van der Waals surface area contributed by atoms with Gasteiger partial charge in [0.05, 0.1) is 12.2 Å². The number of carbonyl (C=O) groups is 3. The predicted octanol–water partition coefficient (Wildman–Crippen LogP) is 2.96. The fourth-order valence-electron chi connectivity index (χ4n) is 4.76. The van der Waals surface area contributed by atoms with Crippen LogP contribution in [0.15, 0.2) is 53.3 Å². The van der Waals surface area contributed by atoms with E-state index < -0.39 is 34.9 Å². The third-order valence-electron chi connectivity index (χ3n) is 6.86. The highest BCUT2D eigenvalue weighted by atomic mass is 19.1. The zero-order valence-electron chi connectivity index (χ0n) is 22.1. The molecule has 1 aromatic heterocycles. The van der Waals surface area contributed by atoms with Crippen molar-refractivity contribution in [1.82, 2.24) is 19.8 Å². The number of benzene rings is 2. The van der Waals surface area contributed by atoms with Gasteiger partial charge in [0.1, 0.15) is 30.5 Å². The van der Waals surface area contributed by atoms with E-state index in [1.165, 1.54) is 32.6 Å². The molecular formula is C28H27F2N5O5. The Morgan fingerprint density at radius 1 is 1.07 bits per heavy atom. The quantitative estimate of drug-likeness (QED) is 0.486. The van der Waals surface area contributed by atoms with Gasteiger partial charge in [-0.3, -0.25) is 14.4 Å². The number of hydrogen-bond donors (Lipinski definition) is 1. The molecule has 0 unspecified atom stereocenters. The van der Waals surface area contributed by atoms with Gasteiger partial charge in [0.15, 0.2) is 11.4 Å². The smallest absolute Gasteiger partial charge is 0.340 e. The normalized spacial score (nSPS) is 14.5. The molecular weight excluding hydrogens is 524 g/mol. The molecule has 40 heavy (non-hydrogen) atoms. The number of pyridine rings is 1. The average Bonchev–Trinajstić information content (AvgIpc) is 2.91. The summed E-state index contributed by atoms with van der Waals surface area (Å²) in [5, 5.41) is 3.79. The minimum atomic E-state index is -0.856. The molecule has 0 spiro atoms. The Labute approximate surface area is 228 Å². The fourth-order valence-corrected chi connectivity index (χ4v) is 4.76. The van der Waals surface area contributed by atoms with E-state index in [9.17, 15) is 28.0 Å². The van der Waals surface area contributed by atoms with E-state index in [1.807, 2.05) is 6.07 Å². The third kappa shape index (κ3) is 4.65. The molecule has 0 fully saturated rings. The molecule has 208 valence electrons. The van der Waals surface area contributed by atoms with Crippen molar-refractivity contribution in [2.45, 2.75) is 39.6 Å². The first kappa shape index (κ1) is 26.9. The van der Waals surface area contributed by atoms with Crippen LogP contribution < -0.4 is 20.5 Å². The number of nitrogens with zero attached hydrogens (tertiary/aromatic N) is 4. The van der Waals surface area contributed by atoms with Gasteiger partial charge in [0, 0.05) is 31.3 Å². The van der Waals surface area contributed by atoms with Gasteiger partial charge in [-0.2, -0.15) is 0 Å². The second kappa shape index (κ2) is 10.4. The molecule has 5 rings (SSSR count). The molecule has 3 aromatic rings. The average molecular weight is 552 g/mol. The molecule has 0 aliphatic carbocycles. The van der Waals surface area contributed by atoms with Crippen molar-refractivity contribution in [3.05, 3.63) is 98.5 Å². The number of halogens is 2. The van der Waals surface area contributed by atoms with Crippen molar-refractivity contribution in [1.29, 1.82) is 0 Å². The predicted molar refractivity (Wildman–Crippen MR) is 140 cm³/mol. The van der Waals surface area contributed by atoms with Crippen LogP contribution in [0.3, 0.4) is 0 Å². The number of hydrogen-bond acceptors (Lipinski definition) is 5. The summed E-state index contributed by atoms with van der Waals surface area (Å²) < 4.78 is 34.8. The zero-order valence-corrected chi connectivity index (χ0v) is 22.1. The minimum Gasteiger partial charge on any atom is -0.482 e. The molecule has 2 aromatic carbocycles. The maximum absolute atomic E-state index is 14.2. The molecule has 2 aliphatic rings. The van der Waals surface area contributed by atoms with Gasteiger partial charge in [0.25, 0.3) is 11.8 Å². The molecule has 1 N–H and O–H groups in total. The summed E-state index contributed by atoms with van der Waals surface area (Å²) in [7, 11) is 1.52. The first-order valence-electron chi connectivity index (χ1n) is 12.6. The van der Waals surface area contributed by atoms with Gasteiger partial charge in [-0.25, -0.2) is 23.3 Å². The maximum atomic E-state index is 14.2. The highest BCUT2D eigenvalue weighted by molar-refractivity contribution is 6.03. The summed E-state index contributed by atoms with van der Waals surface area (Å²) in [6, 6.07) is 11.1. The Balaban J connectivity index is 1.64. The van der Waals surface area contributed by atoms with Gasteiger partial charge in [-0.1, -0.05) is 36.4 Å². The molecule has 0 bridgehead atoms. The highest BCUT2D eigenvalue weighted by Crippen LogP contribution is 2.30. The first-order chi connectivity index (χ1) is 19.1. The van der Waals surface area contributed by atoms with E-state index >= 15 is 0 Å². The van der Waals surface area contributed by atoms with Crippen LogP contribution in [0.2, 0.25) is 0 Å². The molecule has 10 nitrogen and oxygen atoms in total. The van der Waals surface area contributed by atoms with Crippen LogP contribution >= 0.6 is 0 Å². The summed E-state index contributed by atoms with van der Waals surface area (Å²) in [6.45, 7) is 2.91. The van der Waals surface area contributed by atoms with Crippen LogP contribution in [0.5, 0.6) is 5.75 Å². The van der Waals surface area contributed by atoms with Crippen molar-refractivity contribution in [2.75, 3.05) is 18.7 Å². The van der Waals surface area contributed by atoms with Crippen LogP contribution in [-0.2, 0) is 19.7 Å². The van der Waals surface area contributed by atoms with Gasteiger partial charge in [0.2, 0.25) is 5.43 Å². The van der Waals surface area contributed by atoms with E-state index in [0.717, 1.165) is 6.07 Å². The topological polar surface area (TPSA) is 104 Å². The Bertz CT molecular complexity index is 1570. The lowest BCUT2D eigenvalue weighted by Gasteiger charge is -2.45. The van der Waals surface area contributed by atoms with Gasteiger partial charge in [-0.15, -0.1) is 0 Å². The Morgan fingerprint density at radius 3 is 2.48 bits per heavy atom. The molecule has 4 amide bonds. The van der Waals surface area contributed by atoms with Crippen LogP contribution in [0, 0.1) is 11.6 Å². The second-order valence-electron chi connectivity index (χ2n) is 9.88. The summed E-state index contributed by atoms with van der Waals surface area (Å²) in [6.07, 6.45) is 0. The monoisotopic (exact) mass is 551 g/mol. The summed E-state index contributed by atoms with van der Waals surface area (Å²) in [4.78, 5) is 57.1. The van der Waals surface area contributed by atoms with Crippen molar-refractivity contribution < 1.29 is 27.9 Å². The minimum absolute atomic E-state index is 0.0127. The highest BCUT2D eigenvalue weighted by Gasteiger charge is 2.44. The number of amides is 4. The van der Waals surface area contributed by atoms with Crippen LogP contribution in [0.25, 0.3) is 0 Å². The van der Waals surface area contributed by atoms with Crippen LogP contribution in [0.1, 0.15) is 51.5 Å². The van der Waals surface area contributed by atoms with Gasteiger partial charge in [-0.05, 0) is 25.5 Å². The molecule has 0 saturated heterocycles. The number of nitrogens with one attached hydrogen (secondary N) is 1. The van der Waals surface area contributed by atoms with Crippen molar-refractivity contribution >= 4 is 17.8 Å². The molecule has 0 atom stereocenters. The number of carbonyl (C=O) groups excluding carboxylic acids is 3. The SMILES string of the molecule is CC(C)N1CN2C(=O)N(C)Cc3c(C(=O)NCc4ccc(F)cc4F)c(=O)c(OCc4ccccc4)c(n32)C1=O. The van der Waals surface area contributed by atoms with Gasteiger partial charge < -0.3 is 19.9 Å². The third-order valence-corrected chi connectivity index (χ3v) is 6.86. The number of ether oxygens (including phenoxy) is 1. The van der Waals surface area contributed by atoms with E-state index in [0.29, 0.717) is 11.6 Å². The largest absolute Gasteiger partial charge is 0.482 e. The fraction of sp³-hybridized carbons (Fsp3) is 0.286. The van der Waals surface area contributed by atoms with E-state index in [2.05, 4.69) is 5.32 Å². The lowest BCUT2D eigenvalue weighted by molar-refractivity contribution is 0.0614. The second-order valence-corrected chi connectivity index (χ2v) is 9.88. The van der Waals surface area contributed by atoms with E-state index in [-0.39, 0.29) is 60.7 Å². The first-order valence-corrected chi connectivity index (χ1v) is 12.6. The van der Waals surface area contributed by atoms with E-state index in [4.69, 9.17) is 4.74 Å². The van der Waals surface area contributed by atoms with Crippen molar-refractivity contribution in [2.24, 2.45) is 0 Å². The summed E-state index contributed by atoms with van der Waals surface area (Å²) >= 11 is 0. The Hall–Kier alpha value is -4.74. The molecule has 12 heteroatoms. The summed E-state index contributed by atoms with van der Waals surface area (Å²) in [5.41, 5.74) is -0.494. The Kier molecular flexibility index (Phi) is 7.01. The van der Waals surface area contributed by atoms with Crippen molar-refractivity contribution in [3.8, 4) is 5.75 Å². The van der Waals surface area contributed by atoms with Crippen LogP contribution in [-0.4, -0.2) is 52.1 Å². The zero-order chi connectivity index (χ0) is 28.7. The Morgan fingerprint density at radius 2 is 1.80 bits per heavy atom. The summed E-state index contributed by atoms with van der Waals surface area (Å²) in [5.74, 6) is -3.37. The van der Waals surface area contributed by atoms with Gasteiger partial charge >= 0.3 is 6.03 Å². The lowest BCUT2D eigenvalue weighted by atomic mass is 10.1. The van der Waals surface area contributed by atoms with Crippen LogP contribution in [0.4, 0.5) is 13.6 Å². The maximum Gasteiger partial charge on any atom is 0.340 e. The number of urea groups is 1. The molecule has 3 heterocycles. The lowest BCUT2D eigenvalue weighted by Crippen LogP contribution is -2.64. The van der Waals surface area contributed by atoms with E-state index in [1.54, 1.807) is 38.1 Å². The molecule has 0 radical (unpaired) electrons. The standard InChI is InChI=1S/C28H27F2N5O5/c1-16(2)33-15-34-28(39)32(3)13-21-22(26(37)31-12-18-9-10-19(29)11-20(18)30)24(36)25(23(27(33)38)35(21)34)40-14-17-7-5-4-6-8-17/h4-11,16H,12-15H2,1-3H3,(H,31,37).